The standard InChI is InChI=1S/C28H31N9O6S2/c1-30-10-13-2-4-14(5-3-13)18-9-17(11-31-18)36-7-6-15(24(36)39)8-16-12-44-26-20(25(40)37(26)21(16)27(41)42)32-23(38)19(34-43)22-33-28(29)45-35-22/h2-5,8,17-18,20,26,30-31,43H,6-7,9-12H2,1H3,(H,32,38)(H,41,42)(H2,29,33,35)/t17-,18+,20+,26+/m0/s1. The van der Waals surface area contributed by atoms with Gasteiger partial charge in [0.15, 0.2) is 5.13 Å². The Bertz CT molecular complexity index is 1640. The van der Waals surface area contributed by atoms with Crippen LogP contribution in [0.25, 0.3) is 0 Å². The number of carbonyl (C=O) groups is 4. The summed E-state index contributed by atoms with van der Waals surface area (Å²) in [7, 11) is 1.91. The Morgan fingerprint density at radius 3 is 2.71 bits per heavy atom. The maximum absolute atomic E-state index is 13.5. The molecule has 5 heterocycles. The number of nitrogens with zero attached hydrogens (tertiary/aromatic N) is 5. The van der Waals surface area contributed by atoms with Crippen LogP contribution in [0.1, 0.15) is 35.8 Å². The van der Waals surface area contributed by atoms with Crippen LogP contribution in [0.15, 0.2) is 52.3 Å². The van der Waals surface area contributed by atoms with Gasteiger partial charge in [0.05, 0.1) is 0 Å². The van der Waals surface area contributed by atoms with Crippen LogP contribution in [-0.2, 0) is 25.7 Å². The first-order valence-electron chi connectivity index (χ1n) is 14.2. The zero-order valence-electron chi connectivity index (χ0n) is 24.1. The molecule has 3 amide bonds. The molecule has 0 saturated carbocycles. The molecule has 236 valence electrons. The summed E-state index contributed by atoms with van der Waals surface area (Å²) >= 11 is 2.07. The summed E-state index contributed by atoms with van der Waals surface area (Å²) in [5.41, 5.74) is 8.02. The van der Waals surface area contributed by atoms with Crippen molar-refractivity contribution >= 4 is 57.8 Å². The maximum Gasteiger partial charge on any atom is 0.352 e. The number of amides is 3. The lowest BCUT2D eigenvalue weighted by Crippen LogP contribution is -2.71. The highest BCUT2D eigenvalue weighted by molar-refractivity contribution is 8.00. The van der Waals surface area contributed by atoms with Gasteiger partial charge in [0.1, 0.15) is 17.1 Å². The van der Waals surface area contributed by atoms with E-state index < -0.39 is 34.9 Å². The molecular formula is C28H31N9O6S2. The molecule has 0 radical (unpaired) electrons. The van der Waals surface area contributed by atoms with Gasteiger partial charge in [-0.3, -0.25) is 19.3 Å². The predicted octanol–water partition coefficient (Wildman–Crippen LogP) is 0.0185. The SMILES string of the molecule is CNCc1ccc([C@H]2C[C@H](N3CCC(=CC4=C(C(=O)O)N5C(=O)[C@@H](NC(=O)C(=NO)c6nsc(N)n6)[C@H]5SC4)C3=O)CN2)cc1. The molecule has 1 aromatic carbocycles. The Labute approximate surface area is 265 Å². The van der Waals surface area contributed by atoms with E-state index in [1.165, 1.54) is 22.9 Å². The molecule has 0 aliphatic carbocycles. The minimum Gasteiger partial charge on any atom is -0.477 e. The Hall–Kier alpha value is -4.32. The highest BCUT2D eigenvalue weighted by Gasteiger charge is 2.54. The number of β-lactam (4-membered cyclic amide) rings is 1. The van der Waals surface area contributed by atoms with Crippen molar-refractivity contribution in [2.45, 2.75) is 42.9 Å². The lowest BCUT2D eigenvalue weighted by Gasteiger charge is -2.49. The number of carbonyl (C=O) groups excluding carboxylic acids is 3. The molecule has 0 unspecified atom stereocenters. The Kier molecular flexibility index (Phi) is 8.59. The van der Waals surface area contributed by atoms with E-state index in [1.807, 2.05) is 11.9 Å². The van der Waals surface area contributed by atoms with Crippen molar-refractivity contribution in [1.29, 1.82) is 0 Å². The molecule has 4 atom stereocenters. The topological polar surface area (TPSA) is 215 Å². The third kappa shape index (κ3) is 5.79. The molecule has 4 aliphatic rings. The van der Waals surface area contributed by atoms with Crippen molar-refractivity contribution in [3.05, 3.63) is 64.1 Å². The van der Waals surface area contributed by atoms with Crippen LogP contribution in [0.4, 0.5) is 5.13 Å². The average Bonchev–Trinajstić information content (AvgIpc) is 3.77. The zero-order chi connectivity index (χ0) is 31.8. The number of carboxylic acid groups (broad SMARTS) is 1. The third-order valence-corrected chi connectivity index (χ3v) is 10.1. The summed E-state index contributed by atoms with van der Waals surface area (Å²) in [5, 5.41) is 30.9. The van der Waals surface area contributed by atoms with Gasteiger partial charge in [0.25, 0.3) is 11.8 Å². The number of nitrogen functional groups attached to an aromatic ring is 1. The summed E-state index contributed by atoms with van der Waals surface area (Å²) in [5.74, 6) is -2.98. The molecule has 6 rings (SSSR count). The molecule has 1 aromatic heterocycles. The number of fused-ring (bicyclic) bond motifs is 1. The number of nitrogens with one attached hydrogen (secondary N) is 3. The van der Waals surface area contributed by atoms with E-state index in [-0.39, 0.29) is 40.4 Å². The summed E-state index contributed by atoms with van der Waals surface area (Å²) < 4.78 is 3.84. The van der Waals surface area contributed by atoms with Crippen LogP contribution >= 0.6 is 23.3 Å². The van der Waals surface area contributed by atoms with Crippen molar-refractivity contribution in [3.8, 4) is 0 Å². The quantitative estimate of drug-likeness (QED) is 0.0695. The monoisotopic (exact) mass is 653 g/mol. The fourth-order valence-electron chi connectivity index (χ4n) is 6.09. The number of allylic oxidation sites excluding steroid dienone is 1. The minimum absolute atomic E-state index is 0.00743. The van der Waals surface area contributed by atoms with E-state index in [9.17, 15) is 29.5 Å². The second-order valence-corrected chi connectivity index (χ2v) is 12.9. The van der Waals surface area contributed by atoms with Gasteiger partial charge in [-0.1, -0.05) is 29.4 Å². The number of aliphatic carboxylic acids is 1. The van der Waals surface area contributed by atoms with Crippen molar-refractivity contribution in [2.75, 3.05) is 31.6 Å². The first kappa shape index (κ1) is 30.7. The fraction of sp³-hybridized carbons (Fsp3) is 0.393. The van der Waals surface area contributed by atoms with Crippen molar-refractivity contribution < 1.29 is 29.5 Å². The van der Waals surface area contributed by atoms with Crippen LogP contribution in [-0.4, -0.2) is 102 Å². The molecular weight excluding hydrogens is 622 g/mol. The van der Waals surface area contributed by atoms with Crippen LogP contribution in [0.3, 0.4) is 0 Å². The smallest absolute Gasteiger partial charge is 0.352 e. The highest BCUT2D eigenvalue weighted by Crippen LogP contribution is 2.41. The van der Waals surface area contributed by atoms with E-state index in [0.29, 0.717) is 30.7 Å². The predicted molar refractivity (Wildman–Crippen MR) is 165 cm³/mol. The summed E-state index contributed by atoms with van der Waals surface area (Å²) in [6, 6.07) is 7.49. The molecule has 45 heavy (non-hydrogen) atoms. The second-order valence-electron chi connectivity index (χ2n) is 11.0. The van der Waals surface area contributed by atoms with Crippen LogP contribution < -0.4 is 21.7 Å². The lowest BCUT2D eigenvalue weighted by molar-refractivity contribution is -0.150. The number of oxime groups is 1. The van der Waals surface area contributed by atoms with Crippen molar-refractivity contribution in [3.63, 3.8) is 0 Å². The number of rotatable bonds is 9. The largest absolute Gasteiger partial charge is 0.477 e. The summed E-state index contributed by atoms with van der Waals surface area (Å²) in [4.78, 5) is 58.5. The third-order valence-electron chi connectivity index (χ3n) is 8.27. The molecule has 17 heteroatoms. The van der Waals surface area contributed by atoms with Gasteiger partial charge in [-0.15, -0.1) is 11.8 Å². The maximum atomic E-state index is 13.5. The van der Waals surface area contributed by atoms with Gasteiger partial charge in [0.2, 0.25) is 17.4 Å². The fourth-order valence-corrected chi connectivity index (χ4v) is 7.83. The number of nitrogens with two attached hydrogens (primary N) is 1. The molecule has 0 spiro atoms. The molecule has 0 bridgehead atoms. The Morgan fingerprint density at radius 1 is 1.27 bits per heavy atom. The molecule has 15 nitrogen and oxygen atoms in total. The van der Waals surface area contributed by atoms with Gasteiger partial charge < -0.3 is 36.9 Å². The molecule has 3 saturated heterocycles. The Balaban J connectivity index is 1.13. The number of hydrogen-bond donors (Lipinski definition) is 6. The van der Waals surface area contributed by atoms with E-state index >= 15 is 0 Å². The number of anilines is 1. The lowest BCUT2D eigenvalue weighted by atomic mass is 10.0. The van der Waals surface area contributed by atoms with E-state index in [1.54, 1.807) is 6.08 Å². The molecule has 7 N–H and O–H groups in total. The first-order valence-corrected chi connectivity index (χ1v) is 16.0. The first-order chi connectivity index (χ1) is 21.7. The van der Waals surface area contributed by atoms with Crippen molar-refractivity contribution in [2.24, 2.45) is 5.16 Å². The summed E-state index contributed by atoms with van der Waals surface area (Å²) in [6.45, 7) is 1.98. The number of thioether (sulfide) groups is 1. The number of benzene rings is 1. The molecule has 3 fully saturated rings. The number of aromatic nitrogens is 2. The number of hydrogen-bond acceptors (Lipinski definition) is 13. The van der Waals surface area contributed by atoms with Crippen LogP contribution in [0, 0.1) is 0 Å². The zero-order valence-corrected chi connectivity index (χ0v) is 25.7. The van der Waals surface area contributed by atoms with Gasteiger partial charge >= 0.3 is 5.97 Å². The normalized spacial score (nSPS) is 26.0. The average molecular weight is 654 g/mol. The van der Waals surface area contributed by atoms with Gasteiger partial charge in [-0.2, -0.15) is 9.36 Å². The van der Waals surface area contributed by atoms with E-state index in [0.717, 1.165) is 29.4 Å². The second kappa shape index (κ2) is 12.6. The minimum atomic E-state index is -1.31. The molecule has 4 aliphatic heterocycles. The van der Waals surface area contributed by atoms with Gasteiger partial charge in [0, 0.05) is 54.6 Å². The number of carboxylic acids is 1. The number of likely N-dealkylation sites (tertiary alicyclic amines) is 1. The van der Waals surface area contributed by atoms with Crippen LogP contribution in [0.2, 0.25) is 0 Å². The summed E-state index contributed by atoms with van der Waals surface area (Å²) in [6.07, 6.45) is 2.84. The Morgan fingerprint density at radius 2 is 2.04 bits per heavy atom. The van der Waals surface area contributed by atoms with E-state index in [4.69, 9.17) is 5.73 Å². The van der Waals surface area contributed by atoms with Gasteiger partial charge in [-0.05, 0) is 42.7 Å². The van der Waals surface area contributed by atoms with Crippen LogP contribution in [0.5, 0.6) is 0 Å². The van der Waals surface area contributed by atoms with E-state index in [2.05, 4.69) is 54.7 Å². The van der Waals surface area contributed by atoms with Crippen molar-refractivity contribution in [1.82, 2.24) is 35.1 Å². The van der Waals surface area contributed by atoms with Gasteiger partial charge in [-0.25, -0.2) is 4.79 Å². The highest BCUT2D eigenvalue weighted by atomic mass is 32.2. The molecule has 2 aromatic rings.